The van der Waals surface area contributed by atoms with Crippen molar-refractivity contribution in [1.82, 2.24) is 16.0 Å². The van der Waals surface area contributed by atoms with Crippen LogP contribution in [-0.2, 0) is 4.79 Å². The minimum atomic E-state index is 0. The minimum Gasteiger partial charge on any atom is -0.357 e. The number of guanidine groups is 1. The number of nitrogens with zero attached hydrogens (tertiary/aromatic N) is 2. The van der Waals surface area contributed by atoms with Crippen LogP contribution >= 0.6 is 24.0 Å². The largest absolute Gasteiger partial charge is 0.357 e. The Kier molecular flexibility index (Phi) is 9.35. The van der Waals surface area contributed by atoms with E-state index in [9.17, 15) is 4.79 Å². The Balaban J connectivity index is 0.00000338. The molecule has 1 saturated heterocycles. The molecule has 0 aliphatic carbocycles. The first-order valence-corrected chi connectivity index (χ1v) is 9.04. The molecule has 1 amide bonds. The zero-order chi connectivity index (χ0) is 18.3. The highest BCUT2D eigenvalue weighted by Crippen LogP contribution is 2.20. The number of nitrogens with one attached hydrogen (secondary N) is 3. The van der Waals surface area contributed by atoms with Crippen molar-refractivity contribution >= 4 is 41.5 Å². The summed E-state index contributed by atoms with van der Waals surface area (Å²) in [6.07, 6.45) is 0.486. The first-order chi connectivity index (χ1) is 11.9. The van der Waals surface area contributed by atoms with Crippen molar-refractivity contribution in [3.63, 3.8) is 0 Å². The molecule has 0 aromatic heterocycles. The van der Waals surface area contributed by atoms with Crippen molar-refractivity contribution in [2.24, 2.45) is 4.99 Å². The molecule has 1 aromatic rings. The maximum Gasteiger partial charge on any atom is 0.229 e. The van der Waals surface area contributed by atoms with Gasteiger partial charge in [-0.2, -0.15) is 0 Å². The standard InChI is InChI=1S/C19H31N5O.HI/c1-5-20-18(21-11-12-22-19(2,3)4)23-15-13-17(25)24(14-15)16-9-7-6-8-10-16;/h6-10,15,22H,5,11-14H2,1-4H3,(H2,20,21,23);1H. The number of hydrogen-bond acceptors (Lipinski definition) is 3. The Morgan fingerprint density at radius 1 is 1.27 bits per heavy atom. The monoisotopic (exact) mass is 473 g/mol. The number of rotatable bonds is 6. The molecule has 1 atom stereocenters. The van der Waals surface area contributed by atoms with E-state index in [0.717, 1.165) is 24.7 Å². The van der Waals surface area contributed by atoms with Crippen LogP contribution < -0.4 is 20.9 Å². The van der Waals surface area contributed by atoms with E-state index in [1.54, 1.807) is 0 Å². The van der Waals surface area contributed by atoms with E-state index < -0.39 is 0 Å². The molecule has 146 valence electrons. The van der Waals surface area contributed by atoms with Gasteiger partial charge in [-0.15, -0.1) is 24.0 Å². The number of aliphatic imine (C=N–C) groups is 1. The van der Waals surface area contributed by atoms with Crippen LogP contribution in [0.5, 0.6) is 0 Å². The third-order valence-corrected chi connectivity index (χ3v) is 3.92. The van der Waals surface area contributed by atoms with Crippen LogP contribution in [0, 0.1) is 0 Å². The van der Waals surface area contributed by atoms with Crippen LogP contribution in [0.3, 0.4) is 0 Å². The molecule has 1 aliphatic rings. The molecule has 7 heteroatoms. The molecule has 0 radical (unpaired) electrons. The summed E-state index contributed by atoms with van der Waals surface area (Å²) in [4.78, 5) is 18.8. The number of amides is 1. The van der Waals surface area contributed by atoms with Crippen LogP contribution in [0.2, 0.25) is 0 Å². The highest BCUT2D eigenvalue weighted by molar-refractivity contribution is 14.0. The third kappa shape index (κ3) is 7.49. The van der Waals surface area contributed by atoms with Gasteiger partial charge in [0.2, 0.25) is 5.91 Å². The summed E-state index contributed by atoms with van der Waals surface area (Å²) < 4.78 is 0. The second kappa shape index (κ2) is 10.7. The lowest BCUT2D eigenvalue weighted by Gasteiger charge is -2.21. The van der Waals surface area contributed by atoms with Gasteiger partial charge >= 0.3 is 0 Å². The number of hydrogen-bond donors (Lipinski definition) is 3. The molecular formula is C19H32IN5O. The SMILES string of the molecule is CCNC(=NCCNC(C)(C)C)NC1CC(=O)N(c2ccccc2)C1.I. The van der Waals surface area contributed by atoms with Gasteiger partial charge in [0.15, 0.2) is 5.96 Å². The Bertz CT molecular complexity index is 585. The lowest BCUT2D eigenvalue weighted by Crippen LogP contribution is -2.45. The van der Waals surface area contributed by atoms with E-state index >= 15 is 0 Å². The van der Waals surface area contributed by atoms with Gasteiger partial charge in [-0.3, -0.25) is 9.79 Å². The van der Waals surface area contributed by atoms with Crippen molar-refractivity contribution in [2.45, 2.75) is 45.7 Å². The van der Waals surface area contributed by atoms with E-state index in [-0.39, 0.29) is 41.5 Å². The maximum absolute atomic E-state index is 12.3. The van der Waals surface area contributed by atoms with Gasteiger partial charge in [-0.1, -0.05) is 18.2 Å². The van der Waals surface area contributed by atoms with Crippen LogP contribution in [-0.4, -0.2) is 49.6 Å². The minimum absolute atomic E-state index is 0. The summed E-state index contributed by atoms with van der Waals surface area (Å²) in [6.45, 7) is 11.4. The summed E-state index contributed by atoms with van der Waals surface area (Å²) >= 11 is 0. The van der Waals surface area contributed by atoms with Crippen molar-refractivity contribution in [1.29, 1.82) is 0 Å². The van der Waals surface area contributed by atoms with E-state index in [2.05, 4.69) is 41.7 Å². The van der Waals surface area contributed by atoms with E-state index in [4.69, 9.17) is 0 Å². The number of anilines is 1. The predicted molar refractivity (Wildman–Crippen MR) is 119 cm³/mol. The second-order valence-corrected chi connectivity index (χ2v) is 7.32. The molecule has 1 aliphatic heterocycles. The van der Waals surface area contributed by atoms with Gasteiger partial charge < -0.3 is 20.9 Å². The Morgan fingerprint density at radius 3 is 2.58 bits per heavy atom. The number of carbonyl (C=O) groups excluding carboxylic acids is 1. The molecule has 6 nitrogen and oxygen atoms in total. The highest BCUT2D eigenvalue weighted by Gasteiger charge is 2.30. The zero-order valence-electron chi connectivity index (χ0n) is 16.2. The van der Waals surface area contributed by atoms with Gasteiger partial charge in [0, 0.05) is 37.3 Å². The molecule has 3 N–H and O–H groups in total. The molecule has 26 heavy (non-hydrogen) atoms. The fourth-order valence-corrected chi connectivity index (χ4v) is 2.77. The summed E-state index contributed by atoms with van der Waals surface area (Å²) in [6, 6.07) is 9.88. The maximum atomic E-state index is 12.3. The average Bonchev–Trinajstić information content (AvgIpc) is 2.92. The molecule has 1 heterocycles. The highest BCUT2D eigenvalue weighted by atomic mass is 127. The van der Waals surface area contributed by atoms with Crippen molar-refractivity contribution in [2.75, 3.05) is 31.1 Å². The number of carbonyl (C=O) groups is 1. The van der Waals surface area contributed by atoms with Gasteiger partial charge in [0.05, 0.1) is 12.6 Å². The lowest BCUT2D eigenvalue weighted by atomic mass is 10.1. The first-order valence-electron chi connectivity index (χ1n) is 9.04. The summed E-state index contributed by atoms with van der Waals surface area (Å²) in [7, 11) is 0. The molecule has 1 aromatic carbocycles. The fourth-order valence-electron chi connectivity index (χ4n) is 2.77. The molecule has 0 spiro atoms. The topological polar surface area (TPSA) is 68.8 Å². The van der Waals surface area contributed by atoms with Crippen molar-refractivity contribution in [3.05, 3.63) is 30.3 Å². The fraction of sp³-hybridized carbons (Fsp3) is 0.579. The summed E-state index contributed by atoms with van der Waals surface area (Å²) in [5.41, 5.74) is 1.04. The average molecular weight is 473 g/mol. The first kappa shape index (κ1) is 22.7. The van der Waals surface area contributed by atoms with Gasteiger partial charge in [-0.25, -0.2) is 0 Å². The number of halogens is 1. The quantitative estimate of drug-likeness (QED) is 0.257. The van der Waals surface area contributed by atoms with Crippen LogP contribution in [0.15, 0.2) is 35.3 Å². The smallest absolute Gasteiger partial charge is 0.229 e. The van der Waals surface area contributed by atoms with Crippen molar-refractivity contribution < 1.29 is 4.79 Å². The number of benzene rings is 1. The Morgan fingerprint density at radius 2 is 1.96 bits per heavy atom. The van der Waals surface area contributed by atoms with Gasteiger partial charge in [0.25, 0.3) is 0 Å². The second-order valence-electron chi connectivity index (χ2n) is 7.32. The van der Waals surface area contributed by atoms with E-state index in [0.29, 0.717) is 19.5 Å². The third-order valence-electron chi connectivity index (χ3n) is 3.92. The Hall–Kier alpha value is -1.35. The normalized spacial score (nSPS) is 17.8. The molecular weight excluding hydrogens is 441 g/mol. The van der Waals surface area contributed by atoms with Crippen LogP contribution in [0.4, 0.5) is 5.69 Å². The lowest BCUT2D eigenvalue weighted by molar-refractivity contribution is -0.117. The van der Waals surface area contributed by atoms with Crippen molar-refractivity contribution in [3.8, 4) is 0 Å². The zero-order valence-corrected chi connectivity index (χ0v) is 18.5. The van der Waals surface area contributed by atoms with E-state index in [1.807, 2.05) is 42.2 Å². The summed E-state index contributed by atoms with van der Waals surface area (Å²) in [5.74, 6) is 0.917. The predicted octanol–water partition coefficient (Wildman–Crippen LogP) is 2.35. The molecule has 0 saturated carbocycles. The molecule has 2 rings (SSSR count). The molecule has 1 unspecified atom stereocenters. The van der Waals surface area contributed by atoms with E-state index in [1.165, 1.54) is 0 Å². The van der Waals surface area contributed by atoms with Crippen LogP contribution in [0.25, 0.3) is 0 Å². The van der Waals surface area contributed by atoms with Gasteiger partial charge in [0.1, 0.15) is 0 Å². The van der Waals surface area contributed by atoms with Crippen LogP contribution in [0.1, 0.15) is 34.1 Å². The molecule has 1 fully saturated rings. The van der Waals surface area contributed by atoms with Gasteiger partial charge in [-0.05, 0) is 39.8 Å². The molecule has 0 bridgehead atoms. The summed E-state index contributed by atoms with van der Waals surface area (Å²) in [5, 5.41) is 10.1. The Labute approximate surface area is 174 Å². The number of para-hydroxylation sites is 1.